The fourth-order valence-electron chi connectivity index (χ4n) is 3.89. The molecule has 1 aliphatic rings. The summed E-state index contributed by atoms with van der Waals surface area (Å²) in [6.07, 6.45) is 0.368. The molecule has 0 spiro atoms. The topological polar surface area (TPSA) is 57.7 Å². The molecule has 1 aromatic carbocycles. The van der Waals surface area contributed by atoms with E-state index in [1.165, 1.54) is 4.31 Å². The lowest BCUT2D eigenvalue weighted by Gasteiger charge is -2.43. The zero-order valence-electron chi connectivity index (χ0n) is 17.8. The molecule has 5 nitrogen and oxygen atoms in total. The van der Waals surface area contributed by atoms with Crippen molar-refractivity contribution in [2.24, 2.45) is 0 Å². The van der Waals surface area contributed by atoms with Crippen LogP contribution in [-0.4, -0.2) is 48.7 Å². The Bertz CT molecular complexity index is 933. The van der Waals surface area contributed by atoms with Crippen LogP contribution < -0.4 is 0 Å². The molecule has 29 heavy (non-hydrogen) atoms. The maximum Gasteiger partial charge on any atom is 0.243 e. The third kappa shape index (κ3) is 4.73. The summed E-state index contributed by atoms with van der Waals surface area (Å²) in [6, 6.07) is 10.7. The van der Waals surface area contributed by atoms with Crippen molar-refractivity contribution in [1.29, 1.82) is 0 Å². The van der Waals surface area contributed by atoms with Gasteiger partial charge in [0.25, 0.3) is 0 Å². The van der Waals surface area contributed by atoms with Crippen molar-refractivity contribution in [2.75, 3.05) is 13.1 Å². The van der Waals surface area contributed by atoms with Gasteiger partial charge in [0.2, 0.25) is 15.9 Å². The van der Waals surface area contributed by atoms with Gasteiger partial charge in [-0.1, -0.05) is 39.0 Å². The van der Waals surface area contributed by atoms with E-state index in [-0.39, 0.29) is 23.4 Å². The molecule has 0 saturated carbocycles. The molecular weight excluding hydrogens is 404 g/mol. The summed E-state index contributed by atoms with van der Waals surface area (Å²) in [5.41, 5.74) is 1.07. The average molecular weight is 435 g/mol. The first-order valence-electron chi connectivity index (χ1n) is 9.94. The monoisotopic (exact) mass is 434 g/mol. The molecule has 3 rings (SSSR count). The normalized spacial score (nSPS) is 21.3. The molecule has 2 aromatic rings. The summed E-state index contributed by atoms with van der Waals surface area (Å²) in [5.74, 6) is 0.0547. The van der Waals surface area contributed by atoms with E-state index in [0.29, 0.717) is 24.4 Å². The molecular formula is C22H30N2O3S2. The first kappa shape index (κ1) is 22.0. The average Bonchev–Trinajstić information content (AvgIpc) is 3.13. The second-order valence-corrected chi connectivity index (χ2v) is 11.8. The van der Waals surface area contributed by atoms with Crippen LogP contribution in [0.3, 0.4) is 0 Å². The number of thiophene rings is 1. The number of piperazine rings is 1. The number of sulfonamides is 1. The van der Waals surface area contributed by atoms with Crippen molar-refractivity contribution in [1.82, 2.24) is 9.21 Å². The molecule has 1 amide bonds. The highest BCUT2D eigenvalue weighted by molar-refractivity contribution is 7.89. The Morgan fingerprint density at radius 1 is 1.07 bits per heavy atom. The molecule has 0 radical (unpaired) electrons. The highest BCUT2D eigenvalue weighted by Gasteiger charge is 2.38. The van der Waals surface area contributed by atoms with Crippen molar-refractivity contribution < 1.29 is 13.2 Å². The van der Waals surface area contributed by atoms with Gasteiger partial charge in [-0.25, -0.2) is 8.42 Å². The maximum atomic E-state index is 13.2. The zero-order chi connectivity index (χ0) is 21.4. The minimum absolute atomic E-state index is 0.0279. The van der Waals surface area contributed by atoms with E-state index >= 15 is 0 Å². The van der Waals surface area contributed by atoms with Gasteiger partial charge in [0, 0.05) is 30.1 Å². The molecule has 1 aromatic heterocycles. The number of benzene rings is 1. The van der Waals surface area contributed by atoms with Crippen LogP contribution in [0.4, 0.5) is 0 Å². The van der Waals surface area contributed by atoms with Gasteiger partial charge in [-0.3, -0.25) is 4.79 Å². The van der Waals surface area contributed by atoms with Gasteiger partial charge in [0.05, 0.1) is 11.3 Å². The van der Waals surface area contributed by atoms with Crippen LogP contribution in [0.15, 0.2) is 46.7 Å². The number of hydrogen-bond acceptors (Lipinski definition) is 4. The largest absolute Gasteiger partial charge is 0.334 e. The van der Waals surface area contributed by atoms with Gasteiger partial charge in [0.15, 0.2) is 0 Å². The number of carbonyl (C=O) groups is 1. The van der Waals surface area contributed by atoms with Gasteiger partial charge in [0.1, 0.15) is 0 Å². The van der Waals surface area contributed by atoms with E-state index in [1.807, 2.05) is 48.4 Å². The molecule has 7 heteroatoms. The molecule has 0 bridgehead atoms. The van der Waals surface area contributed by atoms with E-state index in [0.717, 1.165) is 10.4 Å². The lowest BCUT2D eigenvalue weighted by Crippen LogP contribution is -2.59. The summed E-state index contributed by atoms with van der Waals surface area (Å²) in [7, 11) is -3.59. The van der Waals surface area contributed by atoms with Crippen molar-refractivity contribution in [3.63, 3.8) is 0 Å². The number of amides is 1. The summed E-state index contributed by atoms with van der Waals surface area (Å²) in [6.45, 7) is 10.8. The van der Waals surface area contributed by atoms with Gasteiger partial charge in [-0.2, -0.15) is 4.31 Å². The molecule has 1 saturated heterocycles. The van der Waals surface area contributed by atoms with Crippen molar-refractivity contribution in [3.8, 4) is 0 Å². The van der Waals surface area contributed by atoms with E-state index in [1.54, 1.807) is 23.5 Å². The molecule has 158 valence electrons. The summed E-state index contributed by atoms with van der Waals surface area (Å²) < 4.78 is 27.9. The number of hydrogen-bond donors (Lipinski definition) is 0. The molecule has 0 N–H and O–H groups in total. The van der Waals surface area contributed by atoms with E-state index in [2.05, 4.69) is 20.8 Å². The summed E-state index contributed by atoms with van der Waals surface area (Å²) in [4.78, 5) is 16.0. The zero-order valence-corrected chi connectivity index (χ0v) is 19.4. The highest BCUT2D eigenvalue weighted by Crippen LogP contribution is 2.27. The molecule has 0 unspecified atom stereocenters. The van der Waals surface area contributed by atoms with Crippen LogP contribution >= 0.6 is 11.3 Å². The third-order valence-corrected chi connectivity index (χ3v) is 8.16. The fraction of sp³-hybridized carbons (Fsp3) is 0.500. The van der Waals surface area contributed by atoms with Crippen LogP contribution in [0.25, 0.3) is 0 Å². The Morgan fingerprint density at radius 2 is 1.66 bits per heavy atom. The quantitative estimate of drug-likeness (QED) is 0.733. The first-order valence-corrected chi connectivity index (χ1v) is 12.3. The van der Waals surface area contributed by atoms with Gasteiger partial charge >= 0.3 is 0 Å². The third-order valence-electron chi connectivity index (χ3n) is 5.44. The minimum Gasteiger partial charge on any atom is -0.334 e. The van der Waals surface area contributed by atoms with E-state index in [4.69, 9.17) is 0 Å². The molecule has 2 atom stereocenters. The van der Waals surface area contributed by atoms with E-state index < -0.39 is 10.0 Å². The fourth-order valence-corrected chi connectivity index (χ4v) is 6.19. The van der Waals surface area contributed by atoms with Crippen molar-refractivity contribution in [2.45, 2.75) is 63.4 Å². The van der Waals surface area contributed by atoms with Crippen LogP contribution in [-0.2, 0) is 26.7 Å². The second kappa shape index (κ2) is 8.20. The van der Waals surface area contributed by atoms with Crippen LogP contribution in [0.1, 0.15) is 45.1 Å². The maximum absolute atomic E-state index is 13.2. The van der Waals surface area contributed by atoms with Crippen molar-refractivity contribution in [3.05, 3.63) is 52.2 Å². The van der Waals surface area contributed by atoms with Crippen LogP contribution in [0.5, 0.6) is 0 Å². The predicted octanol–water partition coefficient (Wildman–Crippen LogP) is 3.90. The Labute approximate surface area is 178 Å². The predicted molar refractivity (Wildman–Crippen MR) is 118 cm³/mol. The molecule has 1 fully saturated rings. The highest BCUT2D eigenvalue weighted by atomic mass is 32.2. The lowest BCUT2D eigenvalue weighted by atomic mass is 9.87. The molecule has 2 heterocycles. The second-order valence-electron chi connectivity index (χ2n) is 8.85. The Balaban J connectivity index is 1.75. The van der Waals surface area contributed by atoms with Crippen LogP contribution in [0, 0.1) is 0 Å². The Hall–Kier alpha value is -1.70. The van der Waals surface area contributed by atoms with Gasteiger partial charge in [-0.15, -0.1) is 11.3 Å². The standard InChI is InChI=1S/C22H30N2O3S2/c1-16-14-23(15-17(2)24(16)21(25)13-19-7-6-12-28-19)29(26,27)20-10-8-18(9-11-20)22(3,4)5/h6-12,16-17H,13-15H2,1-5H3/t16-,17+. The van der Waals surface area contributed by atoms with E-state index in [9.17, 15) is 13.2 Å². The van der Waals surface area contributed by atoms with Crippen molar-refractivity contribution >= 4 is 27.3 Å². The summed E-state index contributed by atoms with van der Waals surface area (Å²) >= 11 is 1.57. The van der Waals surface area contributed by atoms with Gasteiger partial charge in [-0.05, 0) is 48.4 Å². The molecule has 0 aliphatic carbocycles. The minimum atomic E-state index is -3.59. The molecule has 1 aliphatic heterocycles. The van der Waals surface area contributed by atoms with Gasteiger partial charge < -0.3 is 4.90 Å². The SMILES string of the molecule is C[C@@H]1CN(S(=O)(=O)c2ccc(C(C)(C)C)cc2)C[C@H](C)N1C(=O)Cc1cccs1. The van der Waals surface area contributed by atoms with Crippen LogP contribution in [0.2, 0.25) is 0 Å². The number of rotatable bonds is 4. The number of nitrogens with zero attached hydrogens (tertiary/aromatic N) is 2. The number of carbonyl (C=O) groups excluding carboxylic acids is 1. The first-order chi connectivity index (χ1) is 13.5. The Kier molecular flexibility index (Phi) is 6.22. The smallest absolute Gasteiger partial charge is 0.243 e. The lowest BCUT2D eigenvalue weighted by molar-refractivity contribution is -0.137. The summed E-state index contributed by atoms with van der Waals surface area (Å²) in [5, 5.41) is 1.96. The Morgan fingerprint density at radius 3 is 2.14 bits per heavy atom.